The third-order valence-corrected chi connectivity index (χ3v) is 2.94. The Kier molecular flexibility index (Phi) is 12.7. The lowest BCUT2D eigenvalue weighted by molar-refractivity contribution is -0.143. The van der Waals surface area contributed by atoms with Gasteiger partial charge >= 0.3 is 5.97 Å². The third-order valence-electron chi connectivity index (χ3n) is 2.24. The zero-order valence-corrected chi connectivity index (χ0v) is 11.4. The van der Waals surface area contributed by atoms with Gasteiger partial charge in [-0.05, 0) is 51.3 Å². The van der Waals surface area contributed by atoms with Crippen molar-refractivity contribution in [2.24, 2.45) is 0 Å². The highest BCUT2D eigenvalue weighted by Crippen LogP contribution is 2.00. The molecule has 0 aromatic rings. The van der Waals surface area contributed by atoms with Gasteiger partial charge in [-0.2, -0.15) is 11.8 Å². The van der Waals surface area contributed by atoms with Crippen molar-refractivity contribution in [2.45, 2.75) is 39.0 Å². The summed E-state index contributed by atoms with van der Waals surface area (Å²) in [6, 6.07) is 0. The molecule has 0 radical (unpaired) electrons. The van der Waals surface area contributed by atoms with E-state index >= 15 is 0 Å². The highest BCUT2D eigenvalue weighted by atomic mass is 32.2. The minimum atomic E-state index is -0.0598. The van der Waals surface area contributed by atoms with Crippen LogP contribution in [0.25, 0.3) is 0 Å². The molecule has 0 unspecified atom stereocenters. The maximum atomic E-state index is 11.0. The van der Waals surface area contributed by atoms with Gasteiger partial charge in [0.2, 0.25) is 0 Å². The van der Waals surface area contributed by atoms with Gasteiger partial charge in [-0.3, -0.25) is 4.79 Å². The summed E-state index contributed by atoms with van der Waals surface area (Å²) in [4.78, 5) is 11.0. The Hall–Kier alpha value is -0.220. The maximum absolute atomic E-state index is 11.0. The van der Waals surface area contributed by atoms with Crippen molar-refractivity contribution < 1.29 is 9.53 Å². The Morgan fingerprint density at radius 1 is 1.19 bits per heavy atom. The first-order valence-corrected chi connectivity index (χ1v) is 7.56. The van der Waals surface area contributed by atoms with E-state index in [4.69, 9.17) is 4.74 Å². The van der Waals surface area contributed by atoms with E-state index in [1.165, 1.54) is 12.2 Å². The van der Waals surface area contributed by atoms with Crippen LogP contribution < -0.4 is 5.32 Å². The average Bonchev–Trinajstić information content (AvgIpc) is 2.27. The smallest absolute Gasteiger partial charge is 0.305 e. The Morgan fingerprint density at radius 3 is 2.62 bits per heavy atom. The number of hydrogen-bond donors (Lipinski definition) is 1. The van der Waals surface area contributed by atoms with Gasteiger partial charge < -0.3 is 10.1 Å². The lowest BCUT2D eigenvalue weighted by Gasteiger charge is -2.04. The molecule has 0 atom stereocenters. The normalized spacial score (nSPS) is 10.4. The monoisotopic (exact) mass is 247 g/mol. The second-order valence-electron chi connectivity index (χ2n) is 3.71. The molecule has 0 spiro atoms. The van der Waals surface area contributed by atoms with Gasteiger partial charge in [-0.15, -0.1) is 0 Å². The summed E-state index contributed by atoms with van der Waals surface area (Å²) < 4.78 is 4.86. The van der Waals surface area contributed by atoms with Crippen LogP contribution in [0, 0.1) is 0 Å². The molecule has 1 N–H and O–H groups in total. The third kappa shape index (κ3) is 11.9. The Morgan fingerprint density at radius 2 is 1.94 bits per heavy atom. The zero-order chi connectivity index (χ0) is 12.1. The molecule has 4 heteroatoms. The number of hydrogen-bond acceptors (Lipinski definition) is 4. The SMILES string of the molecule is CCOC(=O)CCCCCNCCCSC. The van der Waals surface area contributed by atoms with Crippen LogP contribution in [0.5, 0.6) is 0 Å². The molecule has 0 rings (SSSR count). The number of nitrogens with one attached hydrogen (secondary N) is 1. The van der Waals surface area contributed by atoms with Gasteiger partial charge in [0, 0.05) is 6.42 Å². The second-order valence-corrected chi connectivity index (χ2v) is 4.70. The van der Waals surface area contributed by atoms with Gasteiger partial charge in [-0.1, -0.05) is 6.42 Å². The van der Waals surface area contributed by atoms with Crippen LogP contribution in [-0.2, 0) is 9.53 Å². The molecular formula is C12H25NO2S. The Balaban J connectivity index is 3.01. The van der Waals surface area contributed by atoms with E-state index in [9.17, 15) is 4.79 Å². The highest BCUT2D eigenvalue weighted by Gasteiger charge is 2.00. The van der Waals surface area contributed by atoms with Crippen molar-refractivity contribution in [3.05, 3.63) is 0 Å². The van der Waals surface area contributed by atoms with E-state index in [0.717, 1.165) is 32.4 Å². The van der Waals surface area contributed by atoms with E-state index in [1.54, 1.807) is 0 Å². The molecule has 0 aliphatic heterocycles. The molecule has 0 saturated heterocycles. The molecule has 0 saturated carbocycles. The molecule has 0 aliphatic rings. The lowest BCUT2D eigenvalue weighted by atomic mass is 10.2. The fourth-order valence-electron chi connectivity index (χ4n) is 1.40. The largest absolute Gasteiger partial charge is 0.466 e. The van der Waals surface area contributed by atoms with Gasteiger partial charge in [-0.25, -0.2) is 0 Å². The van der Waals surface area contributed by atoms with Gasteiger partial charge in [0.1, 0.15) is 0 Å². The first-order chi connectivity index (χ1) is 7.81. The topological polar surface area (TPSA) is 38.3 Å². The number of carbonyl (C=O) groups is 1. The van der Waals surface area contributed by atoms with Crippen molar-refractivity contribution in [1.82, 2.24) is 5.32 Å². The number of carbonyl (C=O) groups excluding carboxylic acids is 1. The van der Waals surface area contributed by atoms with Crippen molar-refractivity contribution in [3.8, 4) is 0 Å². The van der Waals surface area contributed by atoms with E-state index in [0.29, 0.717) is 13.0 Å². The molecule has 0 heterocycles. The van der Waals surface area contributed by atoms with Crippen molar-refractivity contribution in [1.29, 1.82) is 0 Å². The number of ether oxygens (including phenoxy) is 1. The Labute approximate surface area is 104 Å². The van der Waals surface area contributed by atoms with Gasteiger partial charge in [0.15, 0.2) is 0 Å². The van der Waals surface area contributed by atoms with Crippen LogP contribution in [-0.4, -0.2) is 37.7 Å². The minimum absolute atomic E-state index is 0.0598. The quantitative estimate of drug-likeness (QED) is 0.449. The highest BCUT2D eigenvalue weighted by molar-refractivity contribution is 7.98. The van der Waals surface area contributed by atoms with Gasteiger partial charge in [0.05, 0.1) is 6.61 Å². The molecule has 0 aliphatic carbocycles. The van der Waals surface area contributed by atoms with Crippen LogP contribution in [0.4, 0.5) is 0 Å². The van der Waals surface area contributed by atoms with Crippen LogP contribution >= 0.6 is 11.8 Å². The number of esters is 1. The molecule has 0 aromatic heterocycles. The number of unbranched alkanes of at least 4 members (excludes halogenated alkanes) is 2. The van der Waals surface area contributed by atoms with Crippen molar-refractivity contribution in [3.63, 3.8) is 0 Å². The predicted molar refractivity (Wildman–Crippen MR) is 71.0 cm³/mol. The molecular weight excluding hydrogens is 222 g/mol. The van der Waals surface area contributed by atoms with E-state index in [2.05, 4.69) is 11.6 Å². The standard InChI is InChI=1S/C12H25NO2S/c1-3-15-12(14)8-5-4-6-9-13-10-7-11-16-2/h13H,3-11H2,1-2H3. The number of thioether (sulfide) groups is 1. The van der Waals surface area contributed by atoms with Crippen molar-refractivity contribution in [2.75, 3.05) is 31.7 Å². The van der Waals surface area contributed by atoms with E-state index in [-0.39, 0.29) is 5.97 Å². The second kappa shape index (κ2) is 12.8. The van der Waals surface area contributed by atoms with Crippen LogP contribution in [0.1, 0.15) is 39.0 Å². The lowest BCUT2D eigenvalue weighted by Crippen LogP contribution is -2.17. The van der Waals surface area contributed by atoms with Crippen LogP contribution in [0.15, 0.2) is 0 Å². The predicted octanol–water partition coefficient (Wildman–Crippen LogP) is 2.45. The summed E-state index contributed by atoms with van der Waals surface area (Å²) in [5.74, 6) is 1.17. The number of rotatable bonds is 11. The van der Waals surface area contributed by atoms with E-state index in [1.807, 2.05) is 18.7 Å². The maximum Gasteiger partial charge on any atom is 0.305 e. The molecule has 0 bridgehead atoms. The average molecular weight is 247 g/mol. The molecule has 0 fully saturated rings. The molecule has 0 amide bonds. The first kappa shape index (κ1) is 15.8. The molecule has 16 heavy (non-hydrogen) atoms. The first-order valence-electron chi connectivity index (χ1n) is 6.16. The fourth-order valence-corrected chi connectivity index (χ4v) is 1.83. The Bertz CT molecular complexity index is 165. The summed E-state index contributed by atoms with van der Waals surface area (Å²) in [5.41, 5.74) is 0. The summed E-state index contributed by atoms with van der Waals surface area (Å²) in [5, 5.41) is 3.40. The minimum Gasteiger partial charge on any atom is -0.466 e. The van der Waals surface area contributed by atoms with Gasteiger partial charge in [0.25, 0.3) is 0 Å². The molecule has 96 valence electrons. The van der Waals surface area contributed by atoms with Crippen LogP contribution in [0.3, 0.4) is 0 Å². The summed E-state index contributed by atoms with van der Waals surface area (Å²) >= 11 is 1.89. The summed E-state index contributed by atoms with van der Waals surface area (Å²) in [6.07, 6.45) is 7.15. The van der Waals surface area contributed by atoms with Crippen LogP contribution in [0.2, 0.25) is 0 Å². The van der Waals surface area contributed by atoms with E-state index < -0.39 is 0 Å². The zero-order valence-electron chi connectivity index (χ0n) is 10.6. The summed E-state index contributed by atoms with van der Waals surface area (Å²) in [6.45, 7) is 4.52. The summed E-state index contributed by atoms with van der Waals surface area (Å²) in [7, 11) is 0. The fraction of sp³-hybridized carbons (Fsp3) is 0.917. The van der Waals surface area contributed by atoms with Crippen molar-refractivity contribution >= 4 is 17.7 Å². The molecule has 0 aromatic carbocycles. The molecule has 3 nitrogen and oxygen atoms in total.